The number of oxazole rings is 1. The van der Waals surface area contributed by atoms with Gasteiger partial charge in [-0.15, -0.1) is 0 Å². The second-order valence-electron chi connectivity index (χ2n) is 7.38. The van der Waals surface area contributed by atoms with Crippen LogP contribution in [0.2, 0.25) is 10.0 Å². The molecule has 5 aromatic rings. The summed E-state index contributed by atoms with van der Waals surface area (Å²) in [6, 6.07) is 26.9. The van der Waals surface area contributed by atoms with Crippen LogP contribution < -0.4 is 4.74 Å². The zero-order valence-electron chi connectivity index (χ0n) is 17.6. The Bertz CT molecular complexity index is 1470. The topological polar surface area (TPSA) is 64.7 Å². The van der Waals surface area contributed by atoms with Crippen LogP contribution in [0.3, 0.4) is 0 Å². The molecule has 4 aromatic carbocycles. The third-order valence-electron chi connectivity index (χ3n) is 5.01. The van der Waals surface area contributed by atoms with E-state index in [0.29, 0.717) is 21.5 Å². The first kappa shape index (κ1) is 21.9. The molecule has 7 heteroatoms. The summed E-state index contributed by atoms with van der Waals surface area (Å²) < 4.78 is 11.1. The summed E-state index contributed by atoms with van der Waals surface area (Å²) in [4.78, 5) is 21.4. The largest absolute Gasteiger partial charge is 0.436 e. The predicted molar refractivity (Wildman–Crippen MR) is 135 cm³/mol. The van der Waals surface area contributed by atoms with Crippen molar-refractivity contribution in [1.29, 1.82) is 0 Å². The molecular formula is C27H16Cl2N2O3. The molecule has 5 rings (SSSR count). The molecule has 34 heavy (non-hydrogen) atoms. The summed E-state index contributed by atoms with van der Waals surface area (Å²) in [5, 5.41) is 0.740. The van der Waals surface area contributed by atoms with E-state index in [1.807, 2.05) is 48.5 Å². The molecule has 0 unspecified atom stereocenters. The van der Waals surface area contributed by atoms with Crippen molar-refractivity contribution in [2.24, 2.45) is 4.99 Å². The van der Waals surface area contributed by atoms with Gasteiger partial charge in [-0.2, -0.15) is 0 Å². The van der Waals surface area contributed by atoms with Gasteiger partial charge < -0.3 is 9.15 Å². The van der Waals surface area contributed by atoms with E-state index in [1.54, 1.807) is 42.6 Å². The number of halogens is 2. The standard InChI is InChI=1S/C27H16Cl2N2O3/c28-20-11-14-22(29)25(15-20)34-27(32)19-7-5-17(6-8-19)16-30-21-12-9-18(10-13-21)26-31-23-3-1-2-4-24(23)33-26/h1-16H. The Morgan fingerprint density at radius 2 is 1.68 bits per heavy atom. The van der Waals surface area contributed by atoms with Gasteiger partial charge in [-0.3, -0.25) is 4.99 Å². The average molecular weight is 487 g/mol. The molecule has 0 atom stereocenters. The predicted octanol–water partition coefficient (Wildman–Crippen LogP) is 7.77. The van der Waals surface area contributed by atoms with Crippen molar-refractivity contribution >= 4 is 52.2 Å². The Labute approximate surface area is 205 Å². The normalized spacial score (nSPS) is 11.2. The highest BCUT2D eigenvalue weighted by Crippen LogP contribution is 2.29. The van der Waals surface area contributed by atoms with Gasteiger partial charge in [0, 0.05) is 22.9 Å². The van der Waals surface area contributed by atoms with Crippen LogP contribution in [0, 0.1) is 0 Å². The van der Waals surface area contributed by atoms with E-state index in [4.69, 9.17) is 32.4 Å². The average Bonchev–Trinajstić information content (AvgIpc) is 3.30. The minimum absolute atomic E-state index is 0.214. The van der Waals surface area contributed by atoms with Gasteiger partial charge >= 0.3 is 5.97 Å². The first-order valence-electron chi connectivity index (χ1n) is 10.3. The smallest absolute Gasteiger partial charge is 0.343 e. The molecule has 0 spiro atoms. The summed E-state index contributed by atoms with van der Waals surface area (Å²) in [5.74, 6) is 0.256. The molecule has 0 aliphatic carbocycles. The van der Waals surface area contributed by atoms with E-state index in [0.717, 1.165) is 27.9 Å². The number of fused-ring (bicyclic) bond motifs is 1. The van der Waals surface area contributed by atoms with E-state index < -0.39 is 5.97 Å². The lowest BCUT2D eigenvalue weighted by Crippen LogP contribution is -2.08. The summed E-state index contributed by atoms with van der Waals surface area (Å²) in [7, 11) is 0. The van der Waals surface area contributed by atoms with Crippen molar-refractivity contribution in [3.63, 3.8) is 0 Å². The molecule has 166 valence electrons. The molecule has 0 aliphatic rings. The fraction of sp³-hybridized carbons (Fsp3) is 0. The Morgan fingerprint density at radius 1 is 0.912 bits per heavy atom. The molecule has 5 nitrogen and oxygen atoms in total. The first-order chi connectivity index (χ1) is 16.5. The van der Waals surface area contributed by atoms with Gasteiger partial charge in [0.15, 0.2) is 11.3 Å². The van der Waals surface area contributed by atoms with Gasteiger partial charge in [0.25, 0.3) is 0 Å². The summed E-state index contributed by atoms with van der Waals surface area (Å²) in [6.07, 6.45) is 1.72. The monoisotopic (exact) mass is 486 g/mol. The molecule has 0 radical (unpaired) electrons. The number of hydrogen-bond donors (Lipinski definition) is 0. The molecule has 0 aliphatic heterocycles. The van der Waals surface area contributed by atoms with Crippen LogP contribution in [0.5, 0.6) is 5.75 Å². The van der Waals surface area contributed by atoms with Gasteiger partial charge in [0.2, 0.25) is 5.89 Å². The lowest BCUT2D eigenvalue weighted by atomic mass is 10.1. The summed E-state index contributed by atoms with van der Waals surface area (Å²) >= 11 is 12.0. The van der Waals surface area contributed by atoms with Gasteiger partial charge in [0.05, 0.1) is 16.3 Å². The minimum atomic E-state index is -0.526. The van der Waals surface area contributed by atoms with Crippen molar-refractivity contribution in [3.8, 4) is 17.2 Å². The molecule has 0 saturated carbocycles. The van der Waals surface area contributed by atoms with Crippen molar-refractivity contribution < 1.29 is 13.9 Å². The number of aromatic nitrogens is 1. The highest BCUT2D eigenvalue weighted by Gasteiger charge is 2.12. The number of carbonyl (C=O) groups excluding carboxylic acids is 1. The third kappa shape index (κ3) is 4.86. The molecule has 0 amide bonds. The highest BCUT2D eigenvalue weighted by atomic mass is 35.5. The van der Waals surface area contributed by atoms with Gasteiger partial charge in [0.1, 0.15) is 5.52 Å². The molecule has 0 saturated heterocycles. The number of ether oxygens (including phenoxy) is 1. The Hall–Kier alpha value is -3.93. The maximum atomic E-state index is 12.4. The number of aliphatic imine (C=N–C) groups is 1. The van der Waals surface area contributed by atoms with Gasteiger partial charge in [-0.25, -0.2) is 9.78 Å². The minimum Gasteiger partial charge on any atom is -0.436 e. The quantitative estimate of drug-likeness (QED) is 0.144. The number of benzene rings is 4. The number of rotatable bonds is 5. The van der Waals surface area contributed by atoms with Gasteiger partial charge in [-0.05, 0) is 66.2 Å². The van der Waals surface area contributed by atoms with E-state index >= 15 is 0 Å². The zero-order valence-corrected chi connectivity index (χ0v) is 19.1. The van der Waals surface area contributed by atoms with Crippen LogP contribution in [0.15, 0.2) is 100 Å². The van der Waals surface area contributed by atoms with Crippen LogP contribution >= 0.6 is 23.2 Å². The van der Waals surface area contributed by atoms with Crippen LogP contribution in [-0.2, 0) is 0 Å². The first-order valence-corrected chi connectivity index (χ1v) is 11.1. The maximum absolute atomic E-state index is 12.4. The third-order valence-corrected chi connectivity index (χ3v) is 5.56. The zero-order chi connectivity index (χ0) is 23.5. The molecule has 1 heterocycles. The fourth-order valence-corrected chi connectivity index (χ4v) is 3.57. The molecule has 0 fully saturated rings. The van der Waals surface area contributed by atoms with E-state index in [2.05, 4.69) is 9.98 Å². The van der Waals surface area contributed by atoms with Crippen LogP contribution in [0.25, 0.3) is 22.6 Å². The molecular weight excluding hydrogens is 471 g/mol. The number of para-hydroxylation sites is 2. The number of nitrogens with zero attached hydrogens (tertiary/aromatic N) is 2. The number of hydrogen-bond acceptors (Lipinski definition) is 5. The lowest BCUT2D eigenvalue weighted by molar-refractivity contribution is 0.0735. The molecule has 1 aromatic heterocycles. The van der Waals surface area contributed by atoms with E-state index in [9.17, 15) is 4.79 Å². The second-order valence-corrected chi connectivity index (χ2v) is 8.22. The summed E-state index contributed by atoms with van der Waals surface area (Å²) in [6.45, 7) is 0. The SMILES string of the molecule is O=C(Oc1cc(Cl)ccc1Cl)c1ccc(C=Nc2ccc(-c3nc4ccccc4o3)cc2)cc1. The second kappa shape index (κ2) is 9.51. The number of carbonyl (C=O) groups is 1. The summed E-state index contributed by atoms with van der Waals surface area (Å²) in [5.41, 5.74) is 4.44. The van der Waals surface area contributed by atoms with E-state index in [-0.39, 0.29) is 5.75 Å². The molecule has 0 bridgehead atoms. The number of esters is 1. The Kier molecular flexibility index (Phi) is 6.12. The van der Waals surface area contributed by atoms with Crippen molar-refractivity contribution in [2.45, 2.75) is 0 Å². The highest BCUT2D eigenvalue weighted by molar-refractivity contribution is 6.34. The van der Waals surface area contributed by atoms with Crippen LogP contribution in [0.1, 0.15) is 15.9 Å². The van der Waals surface area contributed by atoms with Crippen LogP contribution in [-0.4, -0.2) is 17.2 Å². The van der Waals surface area contributed by atoms with Crippen molar-refractivity contribution in [1.82, 2.24) is 4.98 Å². The van der Waals surface area contributed by atoms with Gasteiger partial charge in [-0.1, -0.05) is 47.5 Å². The van der Waals surface area contributed by atoms with Crippen LogP contribution in [0.4, 0.5) is 5.69 Å². The van der Waals surface area contributed by atoms with E-state index in [1.165, 1.54) is 6.07 Å². The van der Waals surface area contributed by atoms with Crippen molar-refractivity contribution in [3.05, 3.63) is 112 Å². The lowest BCUT2D eigenvalue weighted by Gasteiger charge is -2.06. The Balaban J connectivity index is 1.25. The van der Waals surface area contributed by atoms with Crippen molar-refractivity contribution in [2.75, 3.05) is 0 Å². The fourth-order valence-electron chi connectivity index (χ4n) is 3.25. The molecule has 0 N–H and O–H groups in total. The maximum Gasteiger partial charge on any atom is 0.343 e. The Morgan fingerprint density at radius 3 is 2.44 bits per heavy atom.